The summed E-state index contributed by atoms with van der Waals surface area (Å²) in [5.41, 5.74) is 0. The number of rotatable bonds is 0. The molecule has 5 heavy (non-hydrogen) atoms. The van der Waals surface area contributed by atoms with E-state index in [1.54, 1.807) is 0 Å². The van der Waals surface area contributed by atoms with E-state index in [9.17, 15) is 0 Å². The zero-order valence-corrected chi connectivity index (χ0v) is 11.1. The molecule has 0 N–H and O–H groups in total. The smallest absolute Gasteiger partial charge is 0 e. The van der Waals surface area contributed by atoms with Crippen LogP contribution in [0.3, 0.4) is 0 Å². The van der Waals surface area contributed by atoms with Gasteiger partial charge in [-0.25, -0.2) is 0 Å². The average Bonchev–Trinajstić information content (AvgIpc) is 0. The predicted molar refractivity (Wildman–Crippen MR) is 15.7 cm³/mol. The van der Waals surface area contributed by atoms with Gasteiger partial charge in [0, 0.05) is 69.3 Å². The zero-order chi connectivity index (χ0) is 0. The molecule has 0 aromatic carbocycles. The van der Waals surface area contributed by atoms with Crippen LogP contribution in [0.15, 0.2) is 0 Å². The van der Waals surface area contributed by atoms with Crippen LogP contribution in [0.2, 0.25) is 0 Å². The minimum Gasteiger partial charge on any atom is -0.0125 e. The Morgan fingerprint density at radius 2 is 1.00 bits per heavy atom. The Balaban J connectivity index is 0. The fourth-order valence-corrected chi connectivity index (χ4v) is 0. The van der Waals surface area contributed by atoms with Crippen LogP contribution in [-0.4, -0.2) is 19.4 Å². The van der Waals surface area contributed by atoms with Crippen molar-refractivity contribution in [2.75, 3.05) is 0 Å². The Hall–Kier alpha value is 2.22. The van der Waals surface area contributed by atoms with E-state index >= 15 is 0 Å². The van der Waals surface area contributed by atoms with Crippen molar-refractivity contribution in [2.45, 2.75) is 0 Å². The van der Waals surface area contributed by atoms with Gasteiger partial charge in [0.05, 0.1) is 0 Å². The van der Waals surface area contributed by atoms with E-state index in [1.165, 1.54) is 0 Å². The SMILES string of the molecule is [B].[Cd].[Fe].[Ni].[SiH3]. The third-order valence-electron chi connectivity index (χ3n) is 0. The Bertz CT molecular complexity index is 11.6. The summed E-state index contributed by atoms with van der Waals surface area (Å²) in [7, 11) is 0. The molecule has 0 aliphatic rings. The largest absolute Gasteiger partial charge is 0.0125 e. The first-order chi connectivity index (χ1) is 0. The van der Waals surface area contributed by atoms with Crippen molar-refractivity contribution in [3.8, 4) is 0 Å². The van der Waals surface area contributed by atoms with Gasteiger partial charge in [0.2, 0.25) is 0 Å². The predicted octanol–water partition coefficient (Wildman–Crippen LogP) is -1.57. The summed E-state index contributed by atoms with van der Waals surface area (Å²) in [5.74, 6) is 0. The van der Waals surface area contributed by atoms with E-state index in [0.29, 0.717) is 0 Å². The first kappa shape index (κ1) is 56.8. The van der Waals surface area contributed by atoms with Gasteiger partial charge >= 0.3 is 0 Å². The topological polar surface area (TPSA) is 0 Å². The first-order valence-electron chi connectivity index (χ1n) is 0. The summed E-state index contributed by atoms with van der Waals surface area (Å²) < 4.78 is 0. The monoisotopic (exact) mass is 270 g/mol. The molecule has 0 heterocycles. The third-order valence-corrected chi connectivity index (χ3v) is 0. The van der Waals surface area contributed by atoms with Crippen LogP contribution in [-0.2, 0) is 60.9 Å². The van der Waals surface area contributed by atoms with E-state index in [0.717, 1.165) is 0 Å². The van der Waals surface area contributed by atoms with Crippen molar-refractivity contribution in [3.05, 3.63) is 0 Å². The van der Waals surface area contributed by atoms with Gasteiger partial charge in [-0.05, 0) is 11.0 Å². The minimum absolute atomic E-state index is 0. The van der Waals surface area contributed by atoms with Gasteiger partial charge in [-0.15, -0.1) is 0 Å². The first-order valence-corrected chi connectivity index (χ1v) is 0. The number of hydrogen-bond acceptors (Lipinski definition) is 0. The summed E-state index contributed by atoms with van der Waals surface area (Å²) in [5, 5.41) is 0. The van der Waals surface area contributed by atoms with Crippen LogP contribution >= 0.6 is 0 Å². The molecule has 0 rings (SSSR count). The van der Waals surface area contributed by atoms with Crippen molar-refractivity contribution in [1.29, 1.82) is 0 Å². The van der Waals surface area contributed by atoms with Crippen LogP contribution in [0.5, 0.6) is 0 Å². The molecule has 0 nitrogen and oxygen atoms in total. The fourth-order valence-electron chi connectivity index (χ4n) is 0. The molecule has 0 aromatic rings. The second-order valence-electron chi connectivity index (χ2n) is 0. The van der Waals surface area contributed by atoms with E-state index in [1.807, 2.05) is 0 Å². The van der Waals surface area contributed by atoms with Crippen molar-refractivity contribution in [3.63, 3.8) is 0 Å². The van der Waals surface area contributed by atoms with Crippen molar-refractivity contribution < 1.29 is 60.9 Å². The van der Waals surface area contributed by atoms with Crippen LogP contribution in [0.1, 0.15) is 0 Å². The molecule has 0 fully saturated rings. The molecule has 0 saturated heterocycles. The maximum Gasteiger partial charge on any atom is 0 e. The molecular formula is H3BCdFeNiSi. The van der Waals surface area contributed by atoms with Crippen molar-refractivity contribution >= 4 is 19.4 Å². The molecule has 0 atom stereocenters. The Kier molecular flexibility index (Phi) is 391. The molecule has 5 heteroatoms. The van der Waals surface area contributed by atoms with E-state index in [-0.39, 0.29) is 80.2 Å². The molecule has 0 saturated carbocycles. The van der Waals surface area contributed by atoms with Gasteiger partial charge in [0.15, 0.2) is 0 Å². The third kappa shape index (κ3) is 22.5. The van der Waals surface area contributed by atoms with Crippen molar-refractivity contribution in [1.82, 2.24) is 0 Å². The second-order valence-corrected chi connectivity index (χ2v) is 0. The molecule has 0 aromatic heterocycles. The van der Waals surface area contributed by atoms with Gasteiger partial charge in [-0.2, -0.15) is 0 Å². The van der Waals surface area contributed by atoms with Gasteiger partial charge in [-0.1, -0.05) is 0 Å². The zero-order valence-electron chi connectivity index (χ0n) is 2.95. The van der Waals surface area contributed by atoms with Crippen LogP contribution in [0, 0.1) is 0 Å². The molecule has 4 radical (unpaired) electrons. The van der Waals surface area contributed by atoms with Gasteiger partial charge in [-0.3, -0.25) is 0 Å². The molecule has 0 aliphatic carbocycles. The normalized spacial score (nSPS) is 0. The minimum atomic E-state index is 0. The molecule has 0 amide bonds. The Morgan fingerprint density at radius 3 is 1.00 bits per heavy atom. The quantitative estimate of drug-likeness (QED) is 0.466. The summed E-state index contributed by atoms with van der Waals surface area (Å²) in [6.45, 7) is 0. The molecule has 0 bridgehead atoms. The van der Waals surface area contributed by atoms with E-state index < -0.39 is 0 Å². The summed E-state index contributed by atoms with van der Waals surface area (Å²) in [6, 6.07) is 0. The van der Waals surface area contributed by atoms with Crippen LogP contribution < -0.4 is 0 Å². The van der Waals surface area contributed by atoms with Crippen LogP contribution in [0.4, 0.5) is 0 Å². The van der Waals surface area contributed by atoms with Gasteiger partial charge < -0.3 is 0 Å². The molecule has 0 spiro atoms. The van der Waals surface area contributed by atoms with Crippen molar-refractivity contribution in [2.24, 2.45) is 0 Å². The van der Waals surface area contributed by atoms with E-state index in [2.05, 4.69) is 0 Å². The Labute approximate surface area is 79.4 Å². The maximum absolute atomic E-state index is 0. The maximum atomic E-state index is 0. The molecule has 30 valence electrons. The van der Waals surface area contributed by atoms with E-state index in [4.69, 9.17) is 0 Å². The second kappa shape index (κ2) is 34.4. The molecule has 0 unspecified atom stereocenters. The number of hydrogen-bond donors (Lipinski definition) is 0. The summed E-state index contributed by atoms with van der Waals surface area (Å²) >= 11 is 0. The molecule has 0 aliphatic heterocycles. The van der Waals surface area contributed by atoms with Gasteiger partial charge in [0.1, 0.15) is 0 Å². The standard InChI is InChI=1S/B.Cd.Fe.Ni.H3Si/h;;;;1H3. The average molecular weight is 269 g/mol. The van der Waals surface area contributed by atoms with Crippen LogP contribution in [0.25, 0.3) is 0 Å². The summed E-state index contributed by atoms with van der Waals surface area (Å²) in [6.07, 6.45) is 0. The molecular weight excluding hydrogens is 266 g/mol. The van der Waals surface area contributed by atoms with Gasteiger partial charge in [0.25, 0.3) is 0 Å². The Morgan fingerprint density at radius 1 is 1.00 bits per heavy atom. The summed E-state index contributed by atoms with van der Waals surface area (Å²) in [4.78, 5) is 0. The fraction of sp³-hybridized carbons (Fsp3) is 0.